The van der Waals surface area contributed by atoms with Crippen LogP contribution in [0.4, 0.5) is 13.2 Å². The molecule has 0 amide bonds. The molecule has 2 aromatic carbocycles. The van der Waals surface area contributed by atoms with Crippen molar-refractivity contribution in [3.8, 4) is 0 Å². The molecule has 0 saturated carbocycles. The van der Waals surface area contributed by atoms with E-state index in [0.29, 0.717) is 27.4 Å². The fourth-order valence-electron chi connectivity index (χ4n) is 2.69. The fraction of sp³-hybridized carbons (Fsp3) is 0.188. The van der Waals surface area contributed by atoms with Crippen LogP contribution < -0.4 is 0 Å². The molecule has 0 aliphatic heterocycles. The number of rotatable bonds is 0. The number of para-hydroxylation sites is 1. The van der Waals surface area contributed by atoms with Crippen LogP contribution in [0.5, 0.6) is 0 Å². The van der Waals surface area contributed by atoms with Crippen molar-refractivity contribution in [1.29, 1.82) is 0 Å². The topological polar surface area (TPSA) is 22.0 Å². The van der Waals surface area contributed by atoms with Gasteiger partial charge in [-0.1, -0.05) is 30.3 Å². The largest absolute Gasteiger partial charge is 0.472 e. The third kappa shape index (κ3) is 2.00. The first-order valence-electron chi connectivity index (χ1n) is 6.42. The summed E-state index contributed by atoms with van der Waals surface area (Å²) in [7, 11) is 0. The molecule has 1 heterocycles. The van der Waals surface area contributed by atoms with Crippen LogP contribution in [-0.4, -0.2) is 16.7 Å². The molecule has 3 aromatic rings. The van der Waals surface area contributed by atoms with Crippen LogP contribution in [-0.2, 0) is 0 Å². The van der Waals surface area contributed by atoms with Gasteiger partial charge >= 0.3 is 12.1 Å². The molecule has 1 aromatic heterocycles. The summed E-state index contributed by atoms with van der Waals surface area (Å²) < 4.78 is 39.6. The van der Waals surface area contributed by atoms with E-state index in [2.05, 4.69) is 0 Å². The maximum Gasteiger partial charge on any atom is 0.472 e. The Morgan fingerprint density at radius 2 is 1.76 bits per heavy atom. The second kappa shape index (κ2) is 4.35. The smallest absolute Gasteiger partial charge is 0.272 e. The molecule has 0 N–H and O–H groups in total. The summed E-state index contributed by atoms with van der Waals surface area (Å²) in [6.45, 7) is 3.49. The van der Waals surface area contributed by atoms with E-state index in [9.17, 15) is 18.0 Å². The molecule has 0 spiro atoms. The minimum atomic E-state index is -4.91. The molecule has 108 valence electrons. The third-order valence-corrected chi connectivity index (χ3v) is 3.59. The number of carbonyl (C=O) groups excluding carboxylic acids is 1. The van der Waals surface area contributed by atoms with Gasteiger partial charge in [-0.2, -0.15) is 13.2 Å². The predicted molar refractivity (Wildman–Crippen MR) is 75.6 cm³/mol. The average molecular weight is 291 g/mol. The zero-order chi connectivity index (χ0) is 15.4. The molecule has 0 bridgehead atoms. The monoisotopic (exact) mass is 291 g/mol. The number of carbonyl (C=O) groups is 1. The van der Waals surface area contributed by atoms with Crippen molar-refractivity contribution in [2.75, 3.05) is 0 Å². The number of aryl methyl sites for hydroxylation is 2. The van der Waals surface area contributed by atoms with Crippen LogP contribution in [0.2, 0.25) is 0 Å². The second-order valence-corrected chi connectivity index (χ2v) is 5.13. The summed E-state index contributed by atoms with van der Waals surface area (Å²) in [4.78, 5) is 11.9. The van der Waals surface area contributed by atoms with Gasteiger partial charge in [-0.05, 0) is 31.0 Å². The highest BCUT2D eigenvalue weighted by molar-refractivity contribution is 6.15. The van der Waals surface area contributed by atoms with E-state index in [1.54, 1.807) is 44.2 Å². The molecule has 0 aliphatic rings. The Kier molecular flexibility index (Phi) is 2.83. The third-order valence-electron chi connectivity index (χ3n) is 3.59. The summed E-state index contributed by atoms with van der Waals surface area (Å²) in [6.07, 6.45) is -4.91. The zero-order valence-corrected chi connectivity index (χ0v) is 11.5. The van der Waals surface area contributed by atoms with E-state index in [1.807, 2.05) is 6.07 Å². The standard InChI is InChI=1S/C16H12F3NO/c1-9-6-7-11-12-5-3-4-10(2)14(12)20(13(11)8-9)15(21)16(17,18)19/h3-8H,1-2H3. The normalized spacial score (nSPS) is 12.2. The Bertz CT molecular complexity index is 874. The van der Waals surface area contributed by atoms with Gasteiger partial charge in [0.25, 0.3) is 0 Å². The predicted octanol–water partition coefficient (Wildman–Crippen LogP) is 4.61. The van der Waals surface area contributed by atoms with Crippen molar-refractivity contribution >= 4 is 27.7 Å². The average Bonchev–Trinajstić information content (AvgIpc) is 2.71. The molecule has 0 fully saturated rings. The van der Waals surface area contributed by atoms with E-state index in [0.717, 1.165) is 10.1 Å². The number of aromatic nitrogens is 1. The van der Waals surface area contributed by atoms with Crippen molar-refractivity contribution in [2.24, 2.45) is 0 Å². The molecular formula is C16H12F3NO. The maximum atomic E-state index is 12.9. The number of fused-ring (bicyclic) bond motifs is 3. The Morgan fingerprint density at radius 1 is 1.05 bits per heavy atom. The van der Waals surface area contributed by atoms with Gasteiger partial charge in [0.2, 0.25) is 0 Å². The van der Waals surface area contributed by atoms with Crippen LogP contribution in [0.15, 0.2) is 36.4 Å². The Labute approximate surface area is 118 Å². The van der Waals surface area contributed by atoms with Crippen molar-refractivity contribution < 1.29 is 18.0 Å². The SMILES string of the molecule is Cc1ccc2c3cccc(C)c3n(C(=O)C(F)(F)F)c2c1. The second-order valence-electron chi connectivity index (χ2n) is 5.13. The molecule has 0 aliphatic carbocycles. The van der Waals surface area contributed by atoms with E-state index in [-0.39, 0.29) is 0 Å². The van der Waals surface area contributed by atoms with Crippen molar-refractivity contribution in [2.45, 2.75) is 20.0 Å². The Balaban J connectivity index is 2.54. The molecule has 3 rings (SSSR count). The lowest BCUT2D eigenvalue weighted by Gasteiger charge is -2.10. The lowest BCUT2D eigenvalue weighted by atomic mass is 10.1. The highest BCUT2D eigenvalue weighted by Crippen LogP contribution is 2.33. The van der Waals surface area contributed by atoms with Gasteiger partial charge in [0.15, 0.2) is 0 Å². The number of halogens is 3. The van der Waals surface area contributed by atoms with Crippen molar-refractivity contribution in [3.63, 3.8) is 0 Å². The van der Waals surface area contributed by atoms with E-state index < -0.39 is 12.1 Å². The van der Waals surface area contributed by atoms with E-state index in [1.165, 1.54) is 0 Å². The number of nitrogens with zero attached hydrogens (tertiary/aromatic N) is 1. The molecule has 21 heavy (non-hydrogen) atoms. The first-order valence-corrected chi connectivity index (χ1v) is 6.42. The van der Waals surface area contributed by atoms with Crippen LogP contribution in [0.3, 0.4) is 0 Å². The van der Waals surface area contributed by atoms with Gasteiger partial charge in [-0.3, -0.25) is 9.36 Å². The molecule has 0 saturated heterocycles. The van der Waals surface area contributed by atoms with E-state index in [4.69, 9.17) is 0 Å². The first kappa shape index (κ1) is 13.7. The minimum absolute atomic E-state index is 0.293. The van der Waals surface area contributed by atoms with E-state index >= 15 is 0 Å². The van der Waals surface area contributed by atoms with Gasteiger partial charge in [0.05, 0.1) is 11.0 Å². The maximum absolute atomic E-state index is 12.9. The lowest BCUT2D eigenvalue weighted by Crippen LogP contribution is -2.29. The highest BCUT2D eigenvalue weighted by Gasteiger charge is 2.41. The summed E-state index contributed by atoms with van der Waals surface area (Å²) in [5.41, 5.74) is 2.06. The van der Waals surface area contributed by atoms with Gasteiger partial charge in [-0.15, -0.1) is 0 Å². The van der Waals surface area contributed by atoms with Gasteiger partial charge < -0.3 is 0 Å². The van der Waals surface area contributed by atoms with Crippen molar-refractivity contribution in [3.05, 3.63) is 47.5 Å². The Hall–Kier alpha value is -2.30. The molecule has 0 unspecified atom stereocenters. The van der Waals surface area contributed by atoms with Crippen LogP contribution in [0, 0.1) is 13.8 Å². The molecular weight excluding hydrogens is 279 g/mol. The summed E-state index contributed by atoms with van der Waals surface area (Å²) in [5, 5.41) is 1.31. The van der Waals surface area contributed by atoms with Gasteiger partial charge in [-0.25, -0.2) is 0 Å². The molecule has 2 nitrogen and oxygen atoms in total. The summed E-state index contributed by atoms with van der Waals surface area (Å²) in [5.74, 6) is -1.86. The Morgan fingerprint density at radius 3 is 2.43 bits per heavy atom. The highest BCUT2D eigenvalue weighted by atomic mass is 19.4. The van der Waals surface area contributed by atoms with Crippen LogP contribution >= 0.6 is 0 Å². The quantitative estimate of drug-likeness (QED) is 0.592. The molecule has 0 atom stereocenters. The van der Waals surface area contributed by atoms with Gasteiger partial charge in [0, 0.05) is 10.8 Å². The summed E-state index contributed by atoms with van der Waals surface area (Å²) in [6, 6.07) is 10.4. The first-order chi connectivity index (χ1) is 9.80. The fourth-order valence-corrected chi connectivity index (χ4v) is 2.69. The van der Waals surface area contributed by atoms with Crippen LogP contribution in [0.1, 0.15) is 15.9 Å². The number of hydrogen-bond donors (Lipinski definition) is 0. The van der Waals surface area contributed by atoms with Crippen molar-refractivity contribution in [1.82, 2.24) is 4.57 Å². The number of alkyl halides is 3. The summed E-state index contributed by atoms with van der Waals surface area (Å²) >= 11 is 0. The lowest BCUT2D eigenvalue weighted by molar-refractivity contribution is -0.0939. The number of benzene rings is 2. The van der Waals surface area contributed by atoms with Gasteiger partial charge in [0.1, 0.15) is 0 Å². The molecule has 0 radical (unpaired) electrons. The minimum Gasteiger partial charge on any atom is -0.272 e. The zero-order valence-electron chi connectivity index (χ0n) is 11.5. The number of hydrogen-bond acceptors (Lipinski definition) is 1. The molecule has 5 heteroatoms. The van der Waals surface area contributed by atoms with Crippen LogP contribution in [0.25, 0.3) is 21.8 Å².